The van der Waals surface area contributed by atoms with Crippen molar-refractivity contribution < 1.29 is 18.7 Å². The quantitative estimate of drug-likeness (QED) is 0.798. The van der Waals surface area contributed by atoms with Crippen LogP contribution in [0.15, 0.2) is 24.3 Å². The predicted molar refractivity (Wildman–Crippen MR) is 88.2 cm³/mol. The molecule has 6 nitrogen and oxygen atoms in total. The lowest BCUT2D eigenvalue weighted by molar-refractivity contribution is -0.147. The second-order valence-corrected chi connectivity index (χ2v) is 6.13. The Morgan fingerprint density at radius 2 is 2.00 bits per heavy atom. The molecule has 0 aromatic heterocycles. The smallest absolute Gasteiger partial charge is 0.246 e. The normalized spacial score (nSPS) is 18.3. The summed E-state index contributed by atoms with van der Waals surface area (Å²) in [5.74, 6) is -0.570. The van der Waals surface area contributed by atoms with Crippen LogP contribution in [0.5, 0.6) is 5.75 Å². The van der Waals surface area contributed by atoms with E-state index in [4.69, 9.17) is 4.74 Å². The molecule has 1 saturated heterocycles. The monoisotopic (exact) mass is 337 g/mol. The van der Waals surface area contributed by atoms with Crippen LogP contribution in [0.2, 0.25) is 0 Å². The molecule has 0 spiro atoms. The highest BCUT2D eigenvalue weighted by atomic mass is 19.1. The molecule has 2 amide bonds. The lowest BCUT2D eigenvalue weighted by Crippen LogP contribution is -2.59. The molecule has 0 saturated carbocycles. The summed E-state index contributed by atoms with van der Waals surface area (Å²) in [6.45, 7) is 1.81. The Labute approximate surface area is 141 Å². The number of rotatable bonds is 5. The average molecular weight is 337 g/mol. The summed E-state index contributed by atoms with van der Waals surface area (Å²) in [7, 11) is 5.29. The van der Waals surface area contributed by atoms with Crippen LogP contribution in [-0.2, 0) is 9.59 Å². The van der Waals surface area contributed by atoms with Crippen LogP contribution in [0, 0.1) is 5.82 Å². The number of hydrogen-bond acceptors (Lipinski definition) is 4. The highest BCUT2D eigenvalue weighted by Gasteiger charge is 2.34. The van der Waals surface area contributed by atoms with Crippen molar-refractivity contribution in [2.45, 2.75) is 12.5 Å². The fourth-order valence-corrected chi connectivity index (χ4v) is 2.68. The Hall–Kier alpha value is -2.15. The first-order valence-electron chi connectivity index (χ1n) is 7.96. The molecule has 1 fully saturated rings. The molecule has 0 bridgehead atoms. The van der Waals surface area contributed by atoms with Crippen LogP contribution in [-0.4, -0.2) is 79.9 Å². The van der Waals surface area contributed by atoms with Gasteiger partial charge in [0.2, 0.25) is 11.8 Å². The lowest BCUT2D eigenvalue weighted by atomic mass is 10.1. The number of para-hydroxylation sites is 1. The number of amides is 2. The summed E-state index contributed by atoms with van der Waals surface area (Å²) in [6.07, 6.45) is 0.106. The molecule has 0 radical (unpaired) electrons. The van der Waals surface area contributed by atoms with E-state index < -0.39 is 11.9 Å². The number of piperazine rings is 1. The van der Waals surface area contributed by atoms with Crippen LogP contribution in [0.4, 0.5) is 4.39 Å². The van der Waals surface area contributed by atoms with Gasteiger partial charge in [-0.1, -0.05) is 12.1 Å². The third kappa shape index (κ3) is 4.44. The van der Waals surface area contributed by atoms with Gasteiger partial charge in [0.05, 0.1) is 13.0 Å². The Kier molecular flexibility index (Phi) is 6.14. The third-order valence-corrected chi connectivity index (χ3v) is 4.04. The Morgan fingerprint density at radius 1 is 1.29 bits per heavy atom. The van der Waals surface area contributed by atoms with E-state index in [1.165, 1.54) is 17.0 Å². The van der Waals surface area contributed by atoms with Gasteiger partial charge in [-0.15, -0.1) is 0 Å². The van der Waals surface area contributed by atoms with Crippen molar-refractivity contribution in [1.82, 2.24) is 14.7 Å². The minimum absolute atomic E-state index is 0.0784. The van der Waals surface area contributed by atoms with Crippen LogP contribution >= 0.6 is 0 Å². The Bertz CT molecular complexity index is 594. The standard InChI is InChI=1S/C17H24FN3O3/c1-19(2)17(23)14-12-20(3)9-10-21(14)16(22)8-11-24-15-7-5-4-6-13(15)18/h4-7,14H,8-12H2,1-3H3. The number of likely N-dealkylation sites (N-methyl/N-ethyl adjacent to an activating group) is 2. The second kappa shape index (κ2) is 8.10. The molecule has 1 aliphatic heterocycles. The van der Waals surface area contributed by atoms with E-state index in [2.05, 4.69) is 0 Å². The predicted octanol–water partition coefficient (Wildman–Crippen LogP) is 0.825. The van der Waals surface area contributed by atoms with E-state index in [9.17, 15) is 14.0 Å². The van der Waals surface area contributed by atoms with Crippen molar-refractivity contribution in [3.05, 3.63) is 30.1 Å². The molecule has 7 heteroatoms. The summed E-state index contributed by atoms with van der Waals surface area (Å²) < 4.78 is 18.8. The Balaban J connectivity index is 1.94. The minimum atomic E-state index is -0.486. The molecule has 1 aromatic carbocycles. The zero-order chi connectivity index (χ0) is 17.7. The number of hydrogen-bond donors (Lipinski definition) is 0. The number of carbonyl (C=O) groups is 2. The van der Waals surface area contributed by atoms with Crippen LogP contribution in [0.3, 0.4) is 0 Å². The fraction of sp³-hybridized carbons (Fsp3) is 0.529. The van der Waals surface area contributed by atoms with E-state index >= 15 is 0 Å². The molecular formula is C17H24FN3O3. The minimum Gasteiger partial charge on any atom is -0.490 e. The molecular weight excluding hydrogens is 313 g/mol. The molecule has 132 valence electrons. The molecule has 0 N–H and O–H groups in total. The zero-order valence-corrected chi connectivity index (χ0v) is 14.4. The summed E-state index contributed by atoms with van der Waals surface area (Å²) in [5.41, 5.74) is 0. The van der Waals surface area contributed by atoms with E-state index in [1.807, 2.05) is 11.9 Å². The topological polar surface area (TPSA) is 53.1 Å². The molecule has 1 atom stereocenters. The van der Waals surface area contributed by atoms with Gasteiger partial charge in [0.25, 0.3) is 0 Å². The van der Waals surface area contributed by atoms with Gasteiger partial charge in [0.15, 0.2) is 11.6 Å². The van der Waals surface area contributed by atoms with Crippen LogP contribution < -0.4 is 4.74 Å². The molecule has 1 aromatic rings. The zero-order valence-electron chi connectivity index (χ0n) is 14.4. The first-order valence-corrected chi connectivity index (χ1v) is 7.96. The first kappa shape index (κ1) is 18.2. The van der Waals surface area contributed by atoms with Crippen molar-refractivity contribution in [2.24, 2.45) is 0 Å². The van der Waals surface area contributed by atoms with E-state index in [0.717, 1.165) is 6.54 Å². The van der Waals surface area contributed by atoms with Gasteiger partial charge in [0.1, 0.15) is 6.04 Å². The van der Waals surface area contributed by atoms with Gasteiger partial charge in [-0.3, -0.25) is 9.59 Å². The third-order valence-electron chi connectivity index (χ3n) is 4.04. The summed E-state index contributed by atoms with van der Waals surface area (Å²) in [5, 5.41) is 0. The van der Waals surface area contributed by atoms with Crippen molar-refractivity contribution in [3.8, 4) is 5.75 Å². The van der Waals surface area contributed by atoms with Crippen LogP contribution in [0.25, 0.3) is 0 Å². The van der Waals surface area contributed by atoms with Gasteiger partial charge < -0.3 is 19.4 Å². The van der Waals surface area contributed by atoms with Gasteiger partial charge in [0, 0.05) is 33.7 Å². The van der Waals surface area contributed by atoms with Crippen molar-refractivity contribution in [2.75, 3.05) is 47.4 Å². The fourth-order valence-electron chi connectivity index (χ4n) is 2.68. The van der Waals surface area contributed by atoms with E-state index in [0.29, 0.717) is 13.1 Å². The Morgan fingerprint density at radius 3 is 2.67 bits per heavy atom. The maximum atomic E-state index is 13.5. The molecule has 1 heterocycles. The highest BCUT2D eigenvalue weighted by Crippen LogP contribution is 2.16. The number of carbonyl (C=O) groups excluding carboxylic acids is 2. The molecule has 2 rings (SSSR count). The second-order valence-electron chi connectivity index (χ2n) is 6.13. The van der Waals surface area contributed by atoms with Crippen molar-refractivity contribution in [1.29, 1.82) is 0 Å². The average Bonchev–Trinajstić information content (AvgIpc) is 2.55. The van der Waals surface area contributed by atoms with Gasteiger partial charge in [-0.05, 0) is 19.2 Å². The van der Waals surface area contributed by atoms with Crippen molar-refractivity contribution >= 4 is 11.8 Å². The molecule has 1 unspecified atom stereocenters. The van der Waals surface area contributed by atoms with E-state index in [1.54, 1.807) is 31.1 Å². The number of benzene rings is 1. The SMILES string of the molecule is CN1CCN(C(=O)CCOc2ccccc2F)C(C(=O)N(C)C)C1. The maximum absolute atomic E-state index is 13.5. The number of nitrogens with zero attached hydrogens (tertiary/aromatic N) is 3. The van der Waals surface area contributed by atoms with E-state index in [-0.39, 0.29) is 30.6 Å². The van der Waals surface area contributed by atoms with Crippen molar-refractivity contribution in [3.63, 3.8) is 0 Å². The summed E-state index contributed by atoms with van der Waals surface area (Å²) >= 11 is 0. The number of ether oxygens (including phenoxy) is 1. The van der Waals surface area contributed by atoms with Gasteiger partial charge in [-0.25, -0.2) is 4.39 Å². The molecule has 0 aliphatic carbocycles. The number of halogens is 1. The van der Waals surface area contributed by atoms with Crippen LogP contribution in [0.1, 0.15) is 6.42 Å². The molecule has 1 aliphatic rings. The molecule has 24 heavy (non-hydrogen) atoms. The first-order chi connectivity index (χ1) is 11.4. The van der Waals surface area contributed by atoms with Gasteiger partial charge in [-0.2, -0.15) is 0 Å². The summed E-state index contributed by atoms with van der Waals surface area (Å²) in [6, 6.07) is 5.60. The summed E-state index contributed by atoms with van der Waals surface area (Å²) in [4.78, 5) is 29.9. The highest BCUT2D eigenvalue weighted by molar-refractivity contribution is 5.88. The largest absolute Gasteiger partial charge is 0.490 e. The van der Waals surface area contributed by atoms with Gasteiger partial charge >= 0.3 is 0 Å². The maximum Gasteiger partial charge on any atom is 0.246 e. The lowest BCUT2D eigenvalue weighted by Gasteiger charge is -2.40.